The summed E-state index contributed by atoms with van der Waals surface area (Å²) in [4.78, 5) is 23.4. The van der Waals surface area contributed by atoms with Gasteiger partial charge in [0.05, 0.1) is 19.2 Å². The van der Waals surface area contributed by atoms with Gasteiger partial charge in [0.25, 0.3) is 0 Å². The van der Waals surface area contributed by atoms with Crippen LogP contribution in [0.25, 0.3) is 0 Å². The van der Waals surface area contributed by atoms with Crippen molar-refractivity contribution in [3.05, 3.63) is 76.9 Å². The SMILES string of the molecule is CC(=O)Nc1ccc(CC(=O)Nc2ccnn2Cc2ccccc2Cl)cc1. The number of hydrogen-bond acceptors (Lipinski definition) is 3. The van der Waals surface area contributed by atoms with E-state index in [1.165, 1.54) is 6.92 Å². The molecule has 7 heteroatoms. The Morgan fingerprint density at radius 3 is 2.48 bits per heavy atom. The summed E-state index contributed by atoms with van der Waals surface area (Å²) >= 11 is 6.20. The third-order valence-corrected chi connectivity index (χ3v) is 4.27. The van der Waals surface area contributed by atoms with Crippen molar-refractivity contribution in [2.75, 3.05) is 10.6 Å². The maximum Gasteiger partial charge on any atom is 0.229 e. The Labute approximate surface area is 162 Å². The summed E-state index contributed by atoms with van der Waals surface area (Å²) in [5, 5.41) is 10.5. The summed E-state index contributed by atoms with van der Waals surface area (Å²) in [7, 11) is 0. The number of carbonyl (C=O) groups excluding carboxylic acids is 2. The average molecular weight is 383 g/mol. The summed E-state index contributed by atoms with van der Waals surface area (Å²) in [6.07, 6.45) is 1.85. The van der Waals surface area contributed by atoms with Gasteiger partial charge >= 0.3 is 0 Å². The van der Waals surface area contributed by atoms with Crippen molar-refractivity contribution in [1.82, 2.24) is 9.78 Å². The van der Waals surface area contributed by atoms with E-state index in [1.807, 2.05) is 36.4 Å². The number of nitrogens with zero attached hydrogens (tertiary/aromatic N) is 2. The molecular weight excluding hydrogens is 364 g/mol. The molecule has 1 heterocycles. The van der Waals surface area contributed by atoms with Gasteiger partial charge in [-0.3, -0.25) is 9.59 Å². The number of amides is 2. The lowest BCUT2D eigenvalue weighted by Gasteiger charge is -2.10. The number of rotatable bonds is 6. The van der Waals surface area contributed by atoms with E-state index in [2.05, 4.69) is 15.7 Å². The number of aromatic nitrogens is 2. The fraction of sp³-hybridized carbons (Fsp3) is 0.150. The summed E-state index contributed by atoms with van der Waals surface area (Å²) in [6, 6.07) is 16.4. The molecule has 0 aliphatic carbocycles. The Hall–Kier alpha value is -3.12. The zero-order valence-electron chi connectivity index (χ0n) is 14.8. The molecular formula is C20H19ClN4O2. The normalized spacial score (nSPS) is 10.4. The molecule has 0 spiro atoms. The van der Waals surface area contributed by atoms with Crippen LogP contribution in [0.4, 0.5) is 11.5 Å². The predicted molar refractivity (Wildman–Crippen MR) is 106 cm³/mol. The van der Waals surface area contributed by atoms with Crippen LogP contribution in [0.2, 0.25) is 5.02 Å². The van der Waals surface area contributed by atoms with Crippen LogP contribution in [0.15, 0.2) is 60.8 Å². The van der Waals surface area contributed by atoms with Crippen LogP contribution in [-0.2, 0) is 22.6 Å². The second kappa shape index (κ2) is 8.51. The molecule has 0 atom stereocenters. The van der Waals surface area contributed by atoms with Gasteiger partial charge in [0.15, 0.2) is 0 Å². The zero-order valence-corrected chi connectivity index (χ0v) is 15.5. The van der Waals surface area contributed by atoms with Crippen molar-refractivity contribution in [1.29, 1.82) is 0 Å². The number of benzene rings is 2. The minimum atomic E-state index is -0.150. The van der Waals surface area contributed by atoms with E-state index in [-0.39, 0.29) is 18.2 Å². The minimum Gasteiger partial charge on any atom is -0.326 e. The molecule has 2 amide bonds. The van der Waals surface area contributed by atoms with E-state index >= 15 is 0 Å². The molecule has 0 fully saturated rings. The molecule has 3 rings (SSSR count). The first-order valence-electron chi connectivity index (χ1n) is 8.43. The first-order valence-corrected chi connectivity index (χ1v) is 8.80. The fourth-order valence-electron chi connectivity index (χ4n) is 2.63. The highest BCUT2D eigenvalue weighted by molar-refractivity contribution is 6.31. The third kappa shape index (κ3) is 5.18. The van der Waals surface area contributed by atoms with Crippen molar-refractivity contribution >= 4 is 34.9 Å². The van der Waals surface area contributed by atoms with E-state index < -0.39 is 0 Å². The number of halogens is 1. The van der Waals surface area contributed by atoms with Crippen LogP contribution < -0.4 is 10.6 Å². The molecule has 0 saturated heterocycles. The largest absolute Gasteiger partial charge is 0.326 e. The van der Waals surface area contributed by atoms with Gasteiger partial charge < -0.3 is 10.6 Å². The summed E-state index contributed by atoms with van der Waals surface area (Å²) < 4.78 is 1.69. The summed E-state index contributed by atoms with van der Waals surface area (Å²) in [5.41, 5.74) is 2.47. The lowest BCUT2D eigenvalue weighted by molar-refractivity contribution is -0.116. The standard InChI is InChI=1S/C20H19ClN4O2/c1-14(26)23-17-8-6-15(7-9-17)12-20(27)24-19-10-11-22-25(19)13-16-4-2-3-5-18(16)21/h2-11H,12-13H2,1H3,(H,23,26)(H,24,27). The molecule has 0 radical (unpaired) electrons. The van der Waals surface area contributed by atoms with Crippen LogP contribution in [0, 0.1) is 0 Å². The molecule has 138 valence electrons. The molecule has 2 aromatic carbocycles. The number of carbonyl (C=O) groups is 2. The van der Waals surface area contributed by atoms with Crippen LogP contribution in [-0.4, -0.2) is 21.6 Å². The summed E-state index contributed by atoms with van der Waals surface area (Å²) in [5.74, 6) is 0.324. The Balaban J connectivity index is 1.62. The number of nitrogens with one attached hydrogen (secondary N) is 2. The Bertz CT molecular complexity index is 951. The van der Waals surface area contributed by atoms with E-state index in [9.17, 15) is 9.59 Å². The van der Waals surface area contributed by atoms with Crippen LogP contribution in [0.1, 0.15) is 18.1 Å². The van der Waals surface area contributed by atoms with Crippen molar-refractivity contribution in [3.8, 4) is 0 Å². The van der Waals surface area contributed by atoms with Gasteiger partial charge in [-0.25, -0.2) is 4.68 Å². The van der Waals surface area contributed by atoms with Crippen molar-refractivity contribution in [2.24, 2.45) is 0 Å². The van der Waals surface area contributed by atoms with Gasteiger partial charge in [-0.1, -0.05) is 41.9 Å². The van der Waals surface area contributed by atoms with E-state index in [0.29, 0.717) is 23.1 Å². The monoisotopic (exact) mass is 382 g/mol. The van der Waals surface area contributed by atoms with Gasteiger partial charge in [-0.15, -0.1) is 0 Å². The first-order chi connectivity index (χ1) is 13.0. The highest BCUT2D eigenvalue weighted by Crippen LogP contribution is 2.18. The van der Waals surface area contributed by atoms with Gasteiger partial charge in [0.2, 0.25) is 11.8 Å². The summed E-state index contributed by atoms with van der Waals surface area (Å²) in [6.45, 7) is 1.92. The molecule has 0 unspecified atom stereocenters. The van der Waals surface area contributed by atoms with Crippen molar-refractivity contribution in [2.45, 2.75) is 19.9 Å². The lowest BCUT2D eigenvalue weighted by Crippen LogP contribution is -2.18. The second-order valence-corrected chi connectivity index (χ2v) is 6.48. The van der Waals surface area contributed by atoms with Crippen molar-refractivity contribution < 1.29 is 9.59 Å². The fourth-order valence-corrected chi connectivity index (χ4v) is 2.83. The number of hydrogen-bond donors (Lipinski definition) is 2. The Morgan fingerprint density at radius 2 is 1.78 bits per heavy atom. The van der Waals surface area contributed by atoms with Gasteiger partial charge in [0.1, 0.15) is 5.82 Å². The third-order valence-electron chi connectivity index (χ3n) is 3.90. The molecule has 27 heavy (non-hydrogen) atoms. The molecule has 0 aliphatic rings. The predicted octanol–water partition coefficient (Wildman–Crippen LogP) is 3.72. The number of anilines is 2. The minimum absolute atomic E-state index is 0.132. The second-order valence-electron chi connectivity index (χ2n) is 6.07. The molecule has 6 nitrogen and oxygen atoms in total. The Kier molecular flexibility index (Phi) is 5.88. The maximum atomic E-state index is 12.4. The van der Waals surface area contributed by atoms with Crippen LogP contribution in [0.3, 0.4) is 0 Å². The molecule has 2 N–H and O–H groups in total. The van der Waals surface area contributed by atoms with Gasteiger partial charge in [0, 0.05) is 23.7 Å². The van der Waals surface area contributed by atoms with Crippen LogP contribution in [0.5, 0.6) is 0 Å². The van der Waals surface area contributed by atoms with E-state index in [0.717, 1.165) is 11.1 Å². The smallest absolute Gasteiger partial charge is 0.229 e. The first kappa shape index (κ1) is 18.7. The quantitative estimate of drug-likeness (QED) is 0.682. The molecule has 0 aliphatic heterocycles. The van der Waals surface area contributed by atoms with Crippen LogP contribution >= 0.6 is 11.6 Å². The molecule has 1 aromatic heterocycles. The van der Waals surface area contributed by atoms with Gasteiger partial charge in [-0.05, 0) is 29.3 Å². The maximum absolute atomic E-state index is 12.4. The highest BCUT2D eigenvalue weighted by atomic mass is 35.5. The highest BCUT2D eigenvalue weighted by Gasteiger charge is 2.10. The molecule has 0 saturated carbocycles. The van der Waals surface area contributed by atoms with E-state index in [1.54, 1.807) is 29.1 Å². The topological polar surface area (TPSA) is 76.0 Å². The van der Waals surface area contributed by atoms with E-state index in [4.69, 9.17) is 11.6 Å². The zero-order chi connectivity index (χ0) is 19.2. The average Bonchev–Trinajstić information content (AvgIpc) is 3.05. The molecule has 3 aromatic rings. The van der Waals surface area contributed by atoms with Gasteiger partial charge in [-0.2, -0.15) is 5.10 Å². The Morgan fingerprint density at radius 1 is 1.04 bits per heavy atom. The lowest BCUT2D eigenvalue weighted by atomic mass is 10.1. The van der Waals surface area contributed by atoms with Crippen molar-refractivity contribution in [3.63, 3.8) is 0 Å². The molecule has 0 bridgehead atoms.